The van der Waals surface area contributed by atoms with Gasteiger partial charge in [-0.2, -0.15) is 0 Å². The molecule has 1 heteroatoms. The number of methoxy groups -OCH3 is 1. The summed E-state index contributed by atoms with van der Waals surface area (Å²) in [5.41, 5.74) is 7.50. The first-order valence-electron chi connectivity index (χ1n) is 7.65. The van der Waals surface area contributed by atoms with Crippen molar-refractivity contribution in [3.63, 3.8) is 0 Å². The smallest absolute Gasteiger partial charge is 0.122 e. The molecule has 1 nitrogen and oxygen atoms in total. The maximum atomic E-state index is 5.56. The van der Waals surface area contributed by atoms with E-state index in [0.717, 1.165) is 25.0 Å². The molecule has 0 spiro atoms. The molecule has 2 aromatic rings. The topological polar surface area (TPSA) is 9.23 Å². The normalized spacial score (nSPS) is 22.7. The number of fused-ring (bicyclic) bond motifs is 4. The van der Waals surface area contributed by atoms with Gasteiger partial charge in [0.1, 0.15) is 5.75 Å². The molecule has 0 aliphatic heterocycles. The van der Waals surface area contributed by atoms with E-state index in [9.17, 15) is 0 Å². The quantitative estimate of drug-likeness (QED) is 0.748. The van der Waals surface area contributed by atoms with E-state index in [-0.39, 0.29) is 5.41 Å². The van der Waals surface area contributed by atoms with Crippen LogP contribution in [0.4, 0.5) is 0 Å². The molecule has 2 aromatic carbocycles. The molecule has 0 amide bonds. The van der Waals surface area contributed by atoms with Gasteiger partial charge in [-0.3, -0.25) is 0 Å². The van der Waals surface area contributed by atoms with Crippen LogP contribution in [-0.2, 0) is 19.3 Å². The molecule has 0 aromatic heterocycles. The van der Waals surface area contributed by atoms with E-state index in [1.165, 1.54) is 27.8 Å². The lowest BCUT2D eigenvalue weighted by Crippen LogP contribution is -2.18. The van der Waals surface area contributed by atoms with Crippen molar-refractivity contribution in [2.45, 2.75) is 26.2 Å². The van der Waals surface area contributed by atoms with Gasteiger partial charge < -0.3 is 4.74 Å². The third kappa shape index (κ3) is 1.84. The monoisotopic (exact) mass is 276 g/mol. The average molecular weight is 276 g/mol. The largest absolute Gasteiger partial charge is 0.496 e. The first kappa shape index (κ1) is 12.7. The summed E-state index contributed by atoms with van der Waals surface area (Å²) in [6, 6.07) is 15.3. The second kappa shape index (κ2) is 4.49. The second-order valence-corrected chi connectivity index (χ2v) is 6.49. The van der Waals surface area contributed by atoms with Crippen LogP contribution in [-0.4, -0.2) is 7.11 Å². The Morgan fingerprint density at radius 3 is 2.57 bits per heavy atom. The predicted molar refractivity (Wildman–Crippen MR) is 86.6 cm³/mol. The number of hydrogen-bond acceptors (Lipinski definition) is 1. The first-order chi connectivity index (χ1) is 10.2. The lowest BCUT2D eigenvalue weighted by Gasteiger charge is -2.26. The summed E-state index contributed by atoms with van der Waals surface area (Å²) in [7, 11) is 1.77. The van der Waals surface area contributed by atoms with Gasteiger partial charge in [0, 0.05) is 11.0 Å². The molecular weight excluding hydrogens is 256 g/mol. The van der Waals surface area contributed by atoms with Crippen molar-refractivity contribution in [2.75, 3.05) is 7.11 Å². The van der Waals surface area contributed by atoms with Gasteiger partial charge in [-0.05, 0) is 47.6 Å². The molecular formula is C20H20O. The minimum atomic E-state index is 0.224. The highest BCUT2D eigenvalue weighted by Gasteiger charge is 2.39. The van der Waals surface area contributed by atoms with Crippen LogP contribution < -0.4 is 4.74 Å². The van der Waals surface area contributed by atoms with Gasteiger partial charge in [-0.1, -0.05) is 49.4 Å². The molecule has 0 bridgehead atoms. The van der Waals surface area contributed by atoms with Crippen molar-refractivity contribution >= 4 is 5.57 Å². The Balaban J connectivity index is 1.87. The zero-order valence-corrected chi connectivity index (χ0v) is 12.6. The number of ether oxygens (including phenoxy) is 1. The highest BCUT2D eigenvalue weighted by Crippen LogP contribution is 2.50. The lowest BCUT2D eigenvalue weighted by atomic mass is 9.78. The van der Waals surface area contributed by atoms with Gasteiger partial charge >= 0.3 is 0 Å². The van der Waals surface area contributed by atoms with E-state index in [0.29, 0.717) is 0 Å². The molecule has 1 atom stereocenters. The van der Waals surface area contributed by atoms with E-state index in [1.807, 2.05) is 0 Å². The molecule has 0 heterocycles. The fourth-order valence-electron chi connectivity index (χ4n) is 4.12. The van der Waals surface area contributed by atoms with Crippen LogP contribution in [0.25, 0.3) is 5.57 Å². The highest BCUT2D eigenvalue weighted by molar-refractivity contribution is 5.78. The van der Waals surface area contributed by atoms with E-state index < -0.39 is 0 Å². The van der Waals surface area contributed by atoms with Crippen LogP contribution in [0.5, 0.6) is 5.75 Å². The maximum absolute atomic E-state index is 5.56. The fourth-order valence-corrected chi connectivity index (χ4v) is 4.12. The zero-order valence-electron chi connectivity index (χ0n) is 12.6. The second-order valence-electron chi connectivity index (χ2n) is 6.49. The van der Waals surface area contributed by atoms with Crippen LogP contribution >= 0.6 is 0 Å². The summed E-state index contributed by atoms with van der Waals surface area (Å²) in [5, 5.41) is 0. The molecule has 1 unspecified atom stereocenters. The molecule has 0 N–H and O–H groups in total. The zero-order chi connectivity index (χ0) is 14.4. The van der Waals surface area contributed by atoms with E-state index in [1.54, 1.807) is 7.11 Å². The van der Waals surface area contributed by atoms with E-state index >= 15 is 0 Å². The fraction of sp³-hybridized carbons (Fsp3) is 0.300. The molecule has 4 rings (SSSR count). The average Bonchev–Trinajstić information content (AvgIpc) is 2.67. The van der Waals surface area contributed by atoms with Gasteiger partial charge in [0.15, 0.2) is 0 Å². The lowest BCUT2D eigenvalue weighted by molar-refractivity contribution is 0.408. The molecule has 0 saturated heterocycles. The van der Waals surface area contributed by atoms with Crippen molar-refractivity contribution in [3.05, 3.63) is 70.8 Å². The molecule has 21 heavy (non-hydrogen) atoms. The van der Waals surface area contributed by atoms with E-state index in [4.69, 9.17) is 4.74 Å². The molecule has 0 fully saturated rings. The Bertz CT molecular complexity index is 741. The van der Waals surface area contributed by atoms with Crippen molar-refractivity contribution in [1.29, 1.82) is 0 Å². The Hall–Kier alpha value is -2.02. The Labute approximate surface area is 126 Å². The van der Waals surface area contributed by atoms with Gasteiger partial charge in [0.2, 0.25) is 0 Å². The Kier molecular flexibility index (Phi) is 2.72. The number of rotatable bonds is 1. The SMILES string of the molecule is COc1cccc2c1CC=C1c3ccccc3CC1(C)C2. The van der Waals surface area contributed by atoms with Crippen molar-refractivity contribution in [2.24, 2.45) is 5.41 Å². The van der Waals surface area contributed by atoms with Crippen molar-refractivity contribution in [1.82, 2.24) is 0 Å². The van der Waals surface area contributed by atoms with Crippen LogP contribution in [0.3, 0.4) is 0 Å². The van der Waals surface area contributed by atoms with Gasteiger partial charge in [-0.25, -0.2) is 0 Å². The maximum Gasteiger partial charge on any atom is 0.122 e. The number of allylic oxidation sites excluding steroid dienone is 2. The van der Waals surface area contributed by atoms with Crippen LogP contribution in [0, 0.1) is 5.41 Å². The summed E-state index contributed by atoms with van der Waals surface area (Å²) in [5.74, 6) is 1.03. The summed E-state index contributed by atoms with van der Waals surface area (Å²) in [6.07, 6.45) is 5.64. The molecule has 0 radical (unpaired) electrons. The first-order valence-corrected chi connectivity index (χ1v) is 7.65. The standard InChI is InChI=1S/C20H20O/c1-20-12-14-6-3-4-8-16(14)18(20)11-10-17-15(13-20)7-5-9-19(17)21-2/h3-9,11H,10,12-13H2,1-2H3. The predicted octanol–water partition coefficient (Wildman–Crippen LogP) is 4.44. The minimum absolute atomic E-state index is 0.224. The molecule has 2 aliphatic rings. The van der Waals surface area contributed by atoms with Crippen molar-refractivity contribution < 1.29 is 4.74 Å². The molecule has 2 aliphatic carbocycles. The summed E-state index contributed by atoms with van der Waals surface area (Å²) in [4.78, 5) is 0. The van der Waals surface area contributed by atoms with Gasteiger partial charge in [0.05, 0.1) is 7.11 Å². The van der Waals surface area contributed by atoms with Crippen LogP contribution in [0.2, 0.25) is 0 Å². The summed E-state index contributed by atoms with van der Waals surface area (Å²) < 4.78 is 5.56. The number of hydrogen-bond donors (Lipinski definition) is 0. The highest BCUT2D eigenvalue weighted by atomic mass is 16.5. The van der Waals surface area contributed by atoms with Crippen LogP contribution in [0.15, 0.2) is 48.5 Å². The molecule has 0 saturated carbocycles. The summed E-state index contributed by atoms with van der Waals surface area (Å²) in [6.45, 7) is 2.41. The third-order valence-electron chi connectivity index (χ3n) is 5.08. The van der Waals surface area contributed by atoms with Gasteiger partial charge in [0.25, 0.3) is 0 Å². The van der Waals surface area contributed by atoms with E-state index in [2.05, 4.69) is 55.5 Å². The van der Waals surface area contributed by atoms with Crippen LogP contribution in [0.1, 0.15) is 29.2 Å². The Morgan fingerprint density at radius 2 is 1.71 bits per heavy atom. The van der Waals surface area contributed by atoms with Crippen molar-refractivity contribution in [3.8, 4) is 5.75 Å². The summed E-state index contributed by atoms with van der Waals surface area (Å²) >= 11 is 0. The minimum Gasteiger partial charge on any atom is -0.496 e. The Morgan fingerprint density at radius 1 is 0.952 bits per heavy atom. The number of benzene rings is 2. The molecule has 106 valence electrons. The third-order valence-corrected chi connectivity index (χ3v) is 5.08. The van der Waals surface area contributed by atoms with Gasteiger partial charge in [-0.15, -0.1) is 0 Å².